The number of aromatic nitrogens is 6. The van der Waals surface area contributed by atoms with Crippen LogP contribution in [-0.4, -0.2) is 34.8 Å². The summed E-state index contributed by atoms with van der Waals surface area (Å²) in [5, 5.41) is 11.3. The Labute approximate surface area is 182 Å². The Kier molecular flexibility index (Phi) is 5.43. The van der Waals surface area contributed by atoms with Gasteiger partial charge in [-0.15, -0.1) is 0 Å². The van der Waals surface area contributed by atoms with Gasteiger partial charge in [-0.1, -0.05) is 12.1 Å². The van der Waals surface area contributed by atoms with Crippen molar-refractivity contribution in [2.24, 2.45) is 7.05 Å². The van der Waals surface area contributed by atoms with Crippen LogP contribution in [0.15, 0.2) is 53.5 Å². The highest BCUT2D eigenvalue weighted by Gasteiger charge is 2.15. The highest BCUT2D eigenvalue weighted by Crippen LogP contribution is 2.25. The first-order valence-electron chi connectivity index (χ1n) is 9.42. The Bertz CT molecular complexity index is 1340. The van der Waals surface area contributed by atoms with Crippen LogP contribution in [0.4, 0.5) is 0 Å². The summed E-state index contributed by atoms with van der Waals surface area (Å²) in [7, 11) is 1.55. The molecule has 0 radical (unpaired) electrons. The number of ether oxygens (including phenoxy) is 1. The summed E-state index contributed by atoms with van der Waals surface area (Å²) in [5.41, 5.74) is 3.91. The van der Waals surface area contributed by atoms with Gasteiger partial charge in [-0.05, 0) is 77.3 Å². The standard InChI is InChI=1S/C21H19ClN6O3/c1-13-5-4-6-17(28-21(30)26(3)24-25-28)16(13)12-31-19-8-7-15(11-14(19)2)27-18(20(22)29)9-10-23-27/h4-11H,12H2,1-3H3. The first-order valence-corrected chi connectivity index (χ1v) is 9.80. The van der Waals surface area contributed by atoms with Crippen molar-refractivity contribution in [3.05, 3.63) is 81.5 Å². The Balaban J connectivity index is 1.62. The van der Waals surface area contributed by atoms with E-state index in [0.717, 1.165) is 16.7 Å². The number of carbonyl (C=O) groups is 1. The molecule has 10 heteroatoms. The number of carbonyl (C=O) groups excluding carboxylic acids is 1. The molecule has 0 saturated heterocycles. The van der Waals surface area contributed by atoms with E-state index in [4.69, 9.17) is 16.3 Å². The smallest absolute Gasteiger partial charge is 0.368 e. The van der Waals surface area contributed by atoms with Crippen molar-refractivity contribution < 1.29 is 9.53 Å². The number of rotatable bonds is 6. The summed E-state index contributed by atoms with van der Waals surface area (Å²) in [5.74, 6) is 0.662. The van der Waals surface area contributed by atoms with Crippen LogP contribution in [0.2, 0.25) is 0 Å². The molecule has 0 N–H and O–H groups in total. The fraction of sp³-hybridized carbons (Fsp3) is 0.190. The normalized spacial score (nSPS) is 11.0. The molecule has 0 saturated carbocycles. The van der Waals surface area contributed by atoms with Gasteiger partial charge in [0.05, 0.1) is 17.6 Å². The second-order valence-electron chi connectivity index (χ2n) is 7.01. The molecule has 158 valence electrons. The van der Waals surface area contributed by atoms with Crippen LogP contribution in [0.25, 0.3) is 11.4 Å². The monoisotopic (exact) mass is 438 g/mol. The molecule has 0 bridgehead atoms. The molecule has 2 heterocycles. The zero-order chi connectivity index (χ0) is 22.1. The van der Waals surface area contributed by atoms with E-state index in [0.29, 0.717) is 17.1 Å². The molecule has 0 amide bonds. The van der Waals surface area contributed by atoms with Crippen LogP contribution in [0.3, 0.4) is 0 Å². The summed E-state index contributed by atoms with van der Waals surface area (Å²) in [6.07, 6.45) is 1.52. The number of hydrogen-bond acceptors (Lipinski definition) is 6. The minimum atomic E-state index is -0.582. The summed E-state index contributed by atoms with van der Waals surface area (Å²) >= 11 is 5.62. The molecule has 31 heavy (non-hydrogen) atoms. The van der Waals surface area contributed by atoms with E-state index in [2.05, 4.69) is 15.5 Å². The van der Waals surface area contributed by atoms with Crippen molar-refractivity contribution in [1.29, 1.82) is 0 Å². The summed E-state index contributed by atoms with van der Waals surface area (Å²) in [4.78, 5) is 23.9. The zero-order valence-electron chi connectivity index (χ0n) is 17.1. The number of benzene rings is 2. The number of nitrogens with zero attached hydrogens (tertiary/aromatic N) is 6. The lowest BCUT2D eigenvalue weighted by molar-refractivity contribution is 0.107. The number of aryl methyl sites for hydroxylation is 3. The molecule has 0 aliphatic carbocycles. The van der Waals surface area contributed by atoms with E-state index in [1.165, 1.54) is 20.2 Å². The van der Waals surface area contributed by atoms with E-state index in [1.54, 1.807) is 31.3 Å². The molecule has 4 aromatic rings. The number of halogens is 1. The molecule has 0 aliphatic heterocycles. The first kappa shape index (κ1) is 20.5. The van der Waals surface area contributed by atoms with Gasteiger partial charge in [0.2, 0.25) is 0 Å². The van der Waals surface area contributed by atoms with Crippen molar-refractivity contribution in [3.63, 3.8) is 0 Å². The second kappa shape index (κ2) is 8.19. The zero-order valence-corrected chi connectivity index (χ0v) is 17.9. The van der Waals surface area contributed by atoms with Gasteiger partial charge < -0.3 is 4.74 Å². The van der Waals surface area contributed by atoms with Crippen molar-refractivity contribution in [3.8, 4) is 17.1 Å². The molecule has 4 rings (SSSR count). The maximum Gasteiger partial charge on any atom is 0.368 e. The fourth-order valence-corrected chi connectivity index (χ4v) is 3.42. The van der Waals surface area contributed by atoms with E-state index in [-0.39, 0.29) is 18.0 Å². The van der Waals surface area contributed by atoms with Crippen molar-refractivity contribution >= 4 is 16.8 Å². The van der Waals surface area contributed by atoms with Crippen molar-refractivity contribution in [2.45, 2.75) is 20.5 Å². The highest BCUT2D eigenvalue weighted by atomic mass is 35.5. The first-order chi connectivity index (χ1) is 14.9. The molecule has 2 aromatic carbocycles. The predicted molar refractivity (Wildman–Crippen MR) is 114 cm³/mol. The third kappa shape index (κ3) is 3.87. The van der Waals surface area contributed by atoms with Gasteiger partial charge in [0.25, 0.3) is 5.24 Å². The van der Waals surface area contributed by atoms with E-state index in [1.807, 2.05) is 32.0 Å². The Morgan fingerprint density at radius 2 is 1.87 bits per heavy atom. The van der Waals surface area contributed by atoms with Gasteiger partial charge in [-0.3, -0.25) is 4.79 Å². The fourth-order valence-electron chi connectivity index (χ4n) is 3.27. The second-order valence-corrected chi connectivity index (χ2v) is 7.35. The molecule has 9 nitrogen and oxygen atoms in total. The van der Waals surface area contributed by atoms with E-state index >= 15 is 0 Å². The van der Waals surface area contributed by atoms with Gasteiger partial charge in [0, 0.05) is 12.6 Å². The molecule has 0 aliphatic rings. The molecule has 2 aromatic heterocycles. The largest absolute Gasteiger partial charge is 0.489 e. The minimum Gasteiger partial charge on any atom is -0.489 e. The maximum absolute atomic E-state index is 12.3. The number of hydrogen-bond donors (Lipinski definition) is 0. The molecule has 0 spiro atoms. The predicted octanol–water partition coefficient (Wildman–Crippen LogP) is 2.73. The lowest BCUT2D eigenvalue weighted by atomic mass is 10.1. The van der Waals surface area contributed by atoms with Gasteiger partial charge in [-0.2, -0.15) is 14.5 Å². The van der Waals surface area contributed by atoms with Crippen molar-refractivity contribution in [1.82, 2.24) is 29.6 Å². The molecule has 0 fully saturated rings. The quantitative estimate of drug-likeness (QED) is 0.429. The molecule has 0 unspecified atom stereocenters. The Morgan fingerprint density at radius 1 is 1.06 bits per heavy atom. The third-order valence-electron chi connectivity index (χ3n) is 4.95. The summed E-state index contributed by atoms with van der Waals surface area (Å²) in [6, 6.07) is 12.6. The van der Waals surface area contributed by atoms with E-state index in [9.17, 15) is 9.59 Å². The average Bonchev–Trinajstić information content (AvgIpc) is 3.35. The number of tetrazole rings is 1. The topological polar surface area (TPSA) is 96.8 Å². The third-order valence-corrected chi connectivity index (χ3v) is 5.15. The summed E-state index contributed by atoms with van der Waals surface area (Å²) < 4.78 is 9.97. The van der Waals surface area contributed by atoms with Crippen LogP contribution in [0.5, 0.6) is 5.75 Å². The highest BCUT2D eigenvalue weighted by molar-refractivity contribution is 6.67. The van der Waals surface area contributed by atoms with Gasteiger partial charge >= 0.3 is 5.69 Å². The Morgan fingerprint density at radius 3 is 2.55 bits per heavy atom. The maximum atomic E-state index is 12.3. The minimum absolute atomic E-state index is 0.235. The lowest BCUT2D eigenvalue weighted by Gasteiger charge is -2.15. The summed E-state index contributed by atoms with van der Waals surface area (Å²) in [6.45, 7) is 4.08. The Hall–Kier alpha value is -3.72. The SMILES string of the molecule is Cc1cc(-n2nccc2C(=O)Cl)ccc1OCc1c(C)cccc1-n1nnn(C)c1=O. The van der Waals surface area contributed by atoms with Crippen LogP contribution >= 0.6 is 11.6 Å². The molecular weight excluding hydrogens is 420 g/mol. The van der Waals surface area contributed by atoms with Crippen LogP contribution < -0.4 is 10.4 Å². The lowest BCUT2D eigenvalue weighted by Crippen LogP contribution is -2.23. The van der Waals surface area contributed by atoms with E-state index < -0.39 is 5.24 Å². The van der Waals surface area contributed by atoms with Crippen LogP contribution in [0.1, 0.15) is 27.2 Å². The van der Waals surface area contributed by atoms with Gasteiger partial charge in [0.15, 0.2) is 0 Å². The van der Waals surface area contributed by atoms with Crippen LogP contribution in [0, 0.1) is 13.8 Å². The van der Waals surface area contributed by atoms with Crippen molar-refractivity contribution in [2.75, 3.05) is 0 Å². The van der Waals surface area contributed by atoms with Gasteiger partial charge in [-0.25, -0.2) is 9.48 Å². The molecular formula is C21H19ClN6O3. The van der Waals surface area contributed by atoms with Gasteiger partial charge in [0.1, 0.15) is 18.1 Å². The van der Waals surface area contributed by atoms with Crippen LogP contribution in [-0.2, 0) is 13.7 Å². The average molecular weight is 439 g/mol. The molecule has 0 atom stereocenters.